The van der Waals surface area contributed by atoms with Crippen molar-refractivity contribution in [3.05, 3.63) is 53.6 Å². The van der Waals surface area contributed by atoms with Crippen LogP contribution in [0.3, 0.4) is 0 Å². The number of rotatable bonds is 7. The molecule has 27 heavy (non-hydrogen) atoms. The average molecular weight is 366 g/mol. The summed E-state index contributed by atoms with van der Waals surface area (Å²) in [5.74, 6) is 0. The summed E-state index contributed by atoms with van der Waals surface area (Å²) < 4.78 is 0. The van der Waals surface area contributed by atoms with Gasteiger partial charge in [-0.3, -0.25) is 9.80 Å². The molecule has 1 saturated heterocycles. The molecule has 3 aliphatic rings. The monoisotopic (exact) mass is 365 g/mol. The third-order valence-corrected chi connectivity index (χ3v) is 6.59. The molecule has 0 saturated carbocycles. The van der Waals surface area contributed by atoms with Gasteiger partial charge in [0.2, 0.25) is 0 Å². The Morgan fingerprint density at radius 3 is 2.63 bits per heavy atom. The van der Waals surface area contributed by atoms with Gasteiger partial charge < -0.3 is 4.90 Å². The van der Waals surface area contributed by atoms with E-state index in [1.165, 1.54) is 70.5 Å². The van der Waals surface area contributed by atoms with Crippen LogP contribution in [-0.2, 0) is 0 Å². The zero-order valence-corrected chi connectivity index (χ0v) is 16.9. The molecule has 3 heteroatoms. The second-order valence-electron chi connectivity index (χ2n) is 8.33. The molecule has 1 heterocycles. The molecule has 2 aliphatic carbocycles. The van der Waals surface area contributed by atoms with Crippen LogP contribution in [-0.4, -0.2) is 61.7 Å². The van der Waals surface area contributed by atoms with Crippen molar-refractivity contribution in [3.63, 3.8) is 0 Å². The Morgan fingerprint density at radius 1 is 1.04 bits per heavy atom. The second kappa shape index (κ2) is 9.07. The summed E-state index contributed by atoms with van der Waals surface area (Å²) in [5, 5.41) is 0. The van der Waals surface area contributed by atoms with Crippen LogP contribution < -0.4 is 4.90 Å². The second-order valence-corrected chi connectivity index (χ2v) is 8.33. The molecule has 1 fully saturated rings. The number of hydrogen-bond acceptors (Lipinski definition) is 3. The minimum atomic E-state index is 0.772. The zero-order chi connectivity index (χ0) is 18.5. The number of anilines is 1. The maximum absolute atomic E-state index is 2.80. The van der Waals surface area contributed by atoms with E-state index in [9.17, 15) is 0 Å². The maximum Gasteiger partial charge on any atom is 0.0367 e. The predicted molar refractivity (Wildman–Crippen MR) is 115 cm³/mol. The van der Waals surface area contributed by atoms with Gasteiger partial charge in [0, 0.05) is 51.0 Å². The van der Waals surface area contributed by atoms with E-state index in [4.69, 9.17) is 0 Å². The van der Waals surface area contributed by atoms with Gasteiger partial charge in [0.25, 0.3) is 0 Å². The lowest BCUT2D eigenvalue weighted by Crippen LogP contribution is -2.49. The standard InChI is InChI=1S/C24H35N3/c1-2-13-26(24-12-11-21-7-6-8-22(21)20-24)17-14-25-15-18-27(19-16-25)23-9-4-3-5-10-23/h3-7,9-10,24H,2,8,11-20H2,1H3. The van der Waals surface area contributed by atoms with Gasteiger partial charge in [-0.2, -0.15) is 0 Å². The number of piperazine rings is 1. The Hall–Kier alpha value is -1.58. The summed E-state index contributed by atoms with van der Waals surface area (Å²) in [6, 6.07) is 11.7. The fourth-order valence-corrected chi connectivity index (χ4v) is 4.99. The van der Waals surface area contributed by atoms with Gasteiger partial charge in [-0.05, 0) is 56.4 Å². The van der Waals surface area contributed by atoms with Crippen molar-refractivity contribution in [3.8, 4) is 0 Å². The molecule has 1 aromatic rings. The first-order valence-corrected chi connectivity index (χ1v) is 11.0. The van der Waals surface area contributed by atoms with Crippen LogP contribution in [0.2, 0.25) is 0 Å². The lowest BCUT2D eigenvalue weighted by atomic mass is 9.88. The summed E-state index contributed by atoms with van der Waals surface area (Å²) in [7, 11) is 0. The van der Waals surface area contributed by atoms with E-state index in [0.29, 0.717) is 0 Å². The topological polar surface area (TPSA) is 9.72 Å². The largest absolute Gasteiger partial charge is 0.369 e. The van der Waals surface area contributed by atoms with Crippen LogP contribution >= 0.6 is 0 Å². The van der Waals surface area contributed by atoms with E-state index >= 15 is 0 Å². The van der Waals surface area contributed by atoms with E-state index in [0.717, 1.165) is 19.1 Å². The number of allylic oxidation sites excluding steroid dienone is 3. The first-order valence-electron chi connectivity index (χ1n) is 11.0. The predicted octanol–water partition coefficient (Wildman–Crippen LogP) is 4.33. The molecule has 146 valence electrons. The van der Waals surface area contributed by atoms with Crippen LogP contribution in [0.4, 0.5) is 5.69 Å². The third-order valence-electron chi connectivity index (χ3n) is 6.59. The molecule has 0 spiro atoms. The molecule has 0 radical (unpaired) electrons. The van der Waals surface area contributed by atoms with E-state index in [2.05, 4.69) is 64.1 Å². The van der Waals surface area contributed by atoms with Gasteiger partial charge in [-0.15, -0.1) is 0 Å². The molecule has 0 bridgehead atoms. The molecule has 1 unspecified atom stereocenters. The number of nitrogens with zero attached hydrogens (tertiary/aromatic N) is 3. The minimum Gasteiger partial charge on any atom is -0.369 e. The molecule has 0 aromatic heterocycles. The Bertz CT molecular complexity index is 655. The van der Waals surface area contributed by atoms with E-state index < -0.39 is 0 Å². The quantitative estimate of drug-likeness (QED) is 0.712. The summed E-state index contributed by atoms with van der Waals surface area (Å²) in [6.07, 6.45) is 11.2. The van der Waals surface area contributed by atoms with Crippen LogP contribution in [0, 0.1) is 0 Å². The van der Waals surface area contributed by atoms with Gasteiger partial charge in [0.05, 0.1) is 0 Å². The molecule has 4 rings (SSSR count). The maximum atomic E-state index is 2.80. The summed E-state index contributed by atoms with van der Waals surface area (Å²) in [5.41, 5.74) is 4.75. The van der Waals surface area contributed by atoms with Crippen molar-refractivity contribution >= 4 is 5.69 Å². The molecular formula is C24H35N3. The first-order chi connectivity index (χ1) is 13.3. The average Bonchev–Trinajstić information content (AvgIpc) is 3.20. The Labute approximate surface area is 165 Å². The van der Waals surface area contributed by atoms with Crippen molar-refractivity contribution in [2.45, 2.75) is 45.1 Å². The van der Waals surface area contributed by atoms with E-state index in [1.807, 2.05) is 0 Å². The van der Waals surface area contributed by atoms with Crippen molar-refractivity contribution < 1.29 is 0 Å². The molecular weight excluding hydrogens is 330 g/mol. The van der Waals surface area contributed by atoms with Gasteiger partial charge >= 0.3 is 0 Å². The van der Waals surface area contributed by atoms with Crippen LogP contribution in [0.25, 0.3) is 0 Å². The normalized spacial score (nSPS) is 23.3. The van der Waals surface area contributed by atoms with Gasteiger partial charge in [-0.1, -0.05) is 42.8 Å². The highest BCUT2D eigenvalue weighted by Crippen LogP contribution is 2.34. The van der Waals surface area contributed by atoms with Gasteiger partial charge in [0.1, 0.15) is 0 Å². The molecule has 1 aromatic carbocycles. The highest BCUT2D eigenvalue weighted by Gasteiger charge is 2.26. The Balaban J connectivity index is 1.26. The Kier molecular flexibility index (Phi) is 6.31. The van der Waals surface area contributed by atoms with Gasteiger partial charge in [-0.25, -0.2) is 0 Å². The van der Waals surface area contributed by atoms with Crippen molar-refractivity contribution in [1.29, 1.82) is 0 Å². The van der Waals surface area contributed by atoms with E-state index in [-0.39, 0.29) is 0 Å². The summed E-state index contributed by atoms with van der Waals surface area (Å²) in [6.45, 7) is 10.7. The fourth-order valence-electron chi connectivity index (χ4n) is 4.99. The Morgan fingerprint density at radius 2 is 1.85 bits per heavy atom. The lowest BCUT2D eigenvalue weighted by molar-refractivity contribution is 0.146. The molecule has 0 amide bonds. The fraction of sp³-hybridized carbons (Fsp3) is 0.583. The van der Waals surface area contributed by atoms with E-state index in [1.54, 1.807) is 11.1 Å². The molecule has 3 nitrogen and oxygen atoms in total. The van der Waals surface area contributed by atoms with Gasteiger partial charge in [0.15, 0.2) is 0 Å². The number of hydrogen-bond donors (Lipinski definition) is 0. The van der Waals surface area contributed by atoms with Crippen molar-refractivity contribution in [1.82, 2.24) is 9.80 Å². The van der Waals surface area contributed by atoms with Crippen LogP contribution in [0.1, 0.15) is 39.0 Å². The summed E-state index contributed by atoms with van der Waals surface area (Å²) >= 11 is 0. The number of para-hydroxylation sites is 1. The lowest BCUT2D eigenvalue weighted by Gasteiger charge is -2.39. The molecule has 1 atom stereocenters. The molecule has 0 N–H and O–H groups in total. The summed E-state index contributed by atoms with van der Waals surface area (Å²) in [4.78, 5) is 8.00. The zero-order valence-electron chi connectivity index (χ0n) is 16.9. The SMILES string of the molecule is CCCN(CCN1CCN(c2ccccc2)CC1)C1CCC2=C(CC=C2)C1. The minimum absolute atomic E-state index is 0.772. The smallest absolute Gasteiger partial charge is 0.0367 e. The van der Waals surface area contributed by atoms with Crippen LogP contribution in [0.15, 0.2) is 53.6 Å². The van der Waals surface area contributed by atoms with Crippen molar-refractivity contribution in [2.75, 3.05) is 50.7 Å². The number of benzene rings is 1. The van der Waals surface area contributed by atoms with Crippen molar-refractivity contribution in [2.24, 2.45) is 0 Å². The first kappa shape index (κ1) is 18.8. The van der Waals surface area contributed by atoms with Crippen LogP contribution in [0.5, 0.6) is 0 Å². The highest BCUT2D eigenvalue weighted by atomic mass is 15.3. The third kappa shape index (κ3) is 4.64. The molecule has 1 aliphatic heterocycles. The highest BCUT2D eigenvalue weighted by molar-refractivity contribution is 5.46.